The van der Waals surface area contributed by atoms with Crippen LogP contribution in [0.4, 0.5) is 10.1 Å². The molecule has 2 heterocycles. The zero-order chi connectivity index (χ0) is 12.6. The molecule has 1 N–H and O–H groups in total. The number of thiazole rings is 1. The Kier molecular flexibility index (Phi) is 2.74. The van der Waals surface area contributed by atoms with E-state index in [0.29, 0.717) is 17.6 Å². The van der Waals surface area contributed by atoms with Gasteiger partial charge in [-0.3, -0.25) is 15.1 Å². The molecule has 0 bridgehead atoms. The molecule has 0 atom stereocenters. The summed E-state index contributed by atoms with van der Waals surface area (Å²) < 4.78 is 0. The number of aromatic nitrogens is 1. The van der Waals surface area contributed by atoms with E-state index in [2.05, 4.69) is 29.1 Å². The lowest BCUT2D eigenvalue weighted by Gasteiger charge is -2.29. The Morgan fingerprint density at radius 3 is 2.82 bits per heavy atom. The van der Waals surface area contributed by atoms with E-state index in [1.54, 1.807) is 0 Å². The van der Waals surface area contributed by atoms with E-state index in [1.807, 2.05) is 11.9 Å². The third-order valence-electron chi connectivity index (χ3n) is 2.73. The average molecular weight is 255 g/mol. The van der Waals surface area contributed by atoms with E-state index in [4.69, 9.17) is 0 Å². The molecule has 0 amide bonds. The van der Waals surface area contributed by atoms with Crippen LogP contribution in [0.25, 0.3) is 0 Å². The second kappa shape index (κ2) is 3.95. The minimum Gasteiger partial charge on any atom is -0.339 e. The number of nitrogens with one attached hydrogen (secondary N) is 1. The third kappa shape index (κ3) is 2.21. The van der Waals surface area contributed by atoms with E-state index in [0.717, 1.165) is 11.3 Å². The summed E-state index contributed by atoms with van der Waals surface area (Å²) in [6.07, 6.45) is 1.24. The zero-order valence-corrected chi connectivity index (χ0v) is 10.6. The van der Waals surface area contributed by atoms with Crippen molar-refractivity contribution in [3.8, 4) is 0 Å². The normalized spacial score (nSPS) is 18.1. The summed E-state index contributed by atoms with van der Waals surface area (Å²) >= 11 is 1.00. The fourth-order valence-corrected chi connectivity index (χ4v) is 2.02. The number of guanidine groups is 1. The molecule has 0 aliphatic carbocycles. The van der Waals surface area contributed by atoms with Crippen LogP contribution in [0, 0.1) is 10.1 Å². The van der Waals surface area contributed by atoms with Gasteiger partial charge in [0, 0.05) is 7.05 Å². The summed E-state index contributed by atoms with van der Waals surface area (Å²) in [7, 11) is 1.93. The van der Waals surface area contributed by atoms with Crippen LogP contribution in [0.5, 0.6) is 0 Å². The summed E-state index contributed by atoms with van der Waals surface area (Å²) in [5.74, 6) is 0.694. The van der Waals surface area contributed by atoms with Crippen molar-refractivity contribution in [1.82, 2.24) is 9.88 Å². The molecular formula is C9H13N5O2S. The maximum atomic E-state index is 10.5. The Hall–Kier alpha value is -1.70. The maximum Gasteiger partial charge on any atom is 0.345 e. The smallest absolute Gasteiger partial charge is 0.339 e. The molecule has 7 nitrogen and oxygen atoms in total. The molecule has 17 heavy (non-hydrogen) atoms. The minimum absolute atomic E-state index is 0.0213. The van der Waals surface area contributed by atoms with Gasteiger partial charge in [-0.2, -0.15) is 0 Å². The predicted octanol–water partition coefficient (Wildman–Crippen LogP) is 1.54. The van der Waals surface area contributed by atoms with Gasteiger partial charge >= 0.3 is 5.00 Å². The molecule has 0 radical (unpaired) electrons. The maximum absolute atomic E-state index is 10.5. The molecular weight excluding hydrogens is 242 g/mol. The van der Waals surface area contributed by atoms with Gasteiger partial charge in [0.1, 0.15) is 6.20 Å². The van der Waals surface area contributed by atoms with Crippen molar-refractivity contribution < 1.29 is 4.92 Å². The number of nitro groups is 1. The number of anilines is 1. The van der Waals surface area contributed by atoms with Gasteiger partial charge in [-0.1, -0.05) is 0 Å². The van der Waals surface area contributed by atoms with Crippen molar-refractivity contribution in [3.63, 3.8) is 0 Å². The van der Waals surface area contributed by atoms with E-state index < -0.39 is 4.92 Å². The van der Waals surface area contributed by atoms with Crippen LogP contribution >= 0.6 is 11.3 Å². The van der Waals surface area contributed by atoms with Crippen LogP contribution in [0.15, 0.2) is 11.2 Å². The topological polar surface area (TPSA) is 83.7 Å². The molecule has 0 saturated carbocycles. The Bertz CT molecular complexity index is 481. The van der Waals surface area contributed by atoms with Crippen molar-refractivity contribution in [2.45, 2.75) is 19.4 Å². The van der Waals surface area contributed by atoms with Gasteiger partial charge < -0.3 is 10.2 Å². The van der Waals surface area contributed by atoms with Crippen molar-refractivity contribution in [2.75, 3.05) is 18.9 Å². The number of hydrogen-bond acceptors (Lipinski definition) is 7. The van der Waals surface area contributed by atoms with Gasteiger partial charge in [-0.05, 0) is 25.2 Å². The van der Waals surface area contributed by atoms with Gasteiger partial charge in [0.05, 0.1) is 17.0 Å². The van der Waals surface area contributed by atoms with E-state index in [-0.39, 0.29) is 10.5 Å². The number of nitrogens with zero attached hydrogens (tertiary/aromatic N) is 4. The van der Waals surface area contributed by atoms with Crippen LogP contribution in [0.3, 0.4) is 0 Å². The number of rotatable bonds is 2. The first kappa shape index (κ1) is 11.8. The van der Waals surface area contributed by atoms with E-state index in [9.17, 15) is 10.1 Å². The van der Waals surface area contributed by atoms with Crippen LogP contribution in [0.1, 0.15) is 13.8 Å². The van der Waals surface area contributed by atoms with Crippen LogP contribution in [-0.4, -0.2) is 39.9 Å². The highest BCUT2D eigenvalue weighted by Gasteiger charge is 2.32. The van der Waals surface area contributed by atoms with Crippen molar-refractivity contribution in [1.29, 1.82) is 0 Å². The van der Waals surface area contributed by atoms with Gasteiger partial charge in [-0.25, -0.2) is 4.98 Å². The molecule has 1 aliphatic heterocycles. The second-order valence-corrected chi connectivity index (χ2v) is 5.41. The highest BCUT2D eigenvalue weighted by atomic mass is 32.1. The molecule has 0 spiro atoms. The largest absolute Gasteiger partial charge is 0.345 e. The molecule has 0 fully saturated rings. The summed E-state index contributed by atoms with van der Waals surface area (Å²) in [6, 6.07) is 0. The standard InChI is InChI=1S/C9H13N5O2S/c1-9(2)5-11-7(13(9)3)12-8-10-4-6(17-8)14(15)16/h4H,5H2,1-3H3,(H,10,11,12). The molecule has 2 rings (SSSR count). The van der Waals surface area contributed by atoms with E-state index in [1.165, 1.54) is 6.20 Å². The molecule has 0 unspecified atom stereocenters. The first-order valence-electron chi connectivity index (χ1n) is 5.06. The fraction of sp³-hybridized carbons (Fsp3) is 0.556. The van der Waals surface area contributed by atoms with Gasteiger partial charge in [0.25, 0.3) is 0 Å². The predicted molar refractivity (Wildman–Crippen MR) is 66.5 cm³/mol. The minimum atomic E-state index is -0.451. The Morgan fingerprint density at radius 1 is 1.65 bits per heavy atom. The van der Waals surface area contributed by atoms with Crippen molar-refractivity contribution >= 4 is 27.4 Å². The summed E-state index contributed by atoms with van der Waals surface area (Å²) in [6.45, 7) is 4.85. The van der Waals surface area contributed by atoms with Crippen LogP contribution in [0.2, 0.25) is 0 Å². The second-order valence-electron chi connectivity index (χ2n) is 4.40. The van der Waals surface area contributed by atoms with Gasteiger partial charge in [0.15, 0.2) is 5.13 Å². The molecule has 1 aromatic rings. The Balaban J connectivity index is 2.09. The van der Waals surface area contributed by atoms with Crippen LogP contribution in [-0.2, 0) is 0 Å². The SMILES string of the molecule is CN1C(Nc2ncc([N+](=O)[O-])s2)=NCC1(C)C. The number of likely N-dealkylation sites (N-methyl/N-ethyl adjacent to an activating group) is 1. The van der Waals surface area contributed by atoms with Crippen molar-refractivity contribution in [3.05, 3.63) is 16.3 Å². The monoisotopic (exact) mass is 255 g/mol. The summed E-state index contributed by atoms with van der Waals surface area (Å²) in [4.78, 5) is 20.4. The molecule has 0 saturated heterocycles. The molecule has 8 heteroatoms. The number of aliphatic imine (C=N–C) groups is 1. The number of hydrogen-bond donors (Lipinski definition) is 1. The van der Waals surface area contributed by atoms with Crippen LogP contribution < -0.4 is 5.32 Å². The highest BCUT2D eigenvalue weighted by Crippen LogP contribution is 2.27. The Labute approximate surface area is 102 Å². The zero-order valence-electron chi connectivity index (χ0n) is 9.80. The molecule has 92 valence electrons. The van der Waals surface area contributed by atoms with E-state index >= 15 is 0 Å². The lowest BCUT2D eigenvalue weighted by molar-refractivity contribution is -0.380. The average Bonchev–Trinajstić information content (AvgIpc) is 2.79. The van der Waals surface area contributed by atoms with Gasteiger partial charge in [0.2, 0.25) is 5.96 Å². The lowest BCUT2D eigenvalue weighted by atomic mass is 10.1. The first-order valence-corrected chi connectivity index (χ1v) is 5.87. The first-order chi connectivity index (χ1) is 7.90. The Morgan fingerprint density at radius 2 is 2.35 bits per heavy atom. The quantitative estimate of drug-likeness (QED) is 0.640. The van der Waals surface area contributed by atoms with Gasteiger partial charge in [-0.15, -0.1) is 0 Å². The highest BCUT2D eigenvalue weighted by molar-refractivity contribution is 7.18. The molecule has 1 aliphatic rings. The summed E-state index contributed by atoms with van der Waals surface area (Å²) in [5, 5.41) is 14.0. The lowest BCUT2D eigenvalue weighted by Crippen LogP contribution is -2.43. The fourth-order valence-electron chi connectivity index (χ4n) is 1.39. The van der Waals surface area contributed by atoms with Crippen molar-refractivity contribution in [2.24, 2.45) is 4.99 Å². The molecule has 1 aromatic heterocycles. The third-order valence-corrected chi connectivity index (χ3v) is 3.60. The molecule has 0 aromatic carbocycles. The summed E-state index contributed by atoms with van der Waals surface area (Å²) in [5.41, 5.74) is -0.0362.